The number of aromatic amines is 3. The van der Waals surface area contributed by atoms with Crippen LogP contribution in [0.2, 0.25) is 5.02 Å². The number of anilines is 1. The Bertz CT molecular complexity index is 1210. The molecular weight excluding hydrogens is 383 g/mol. The number of carbonyl (C=O) groups excluding carboxylic acids is 1. The Morgan fingerprint density at radius 2 is 1.93 bits per heavy atom. The van der Waals surface area contributed by atoms with Gasteiger partial charge >= 0.3 is 0 Å². The highest BCUT2D eigenvalue weighted by Gasteiger charge is 2.16. The van der Waals surface area contributed by atoms with Crippen LogP contribution in [0.25, 0.3) is 22.2 Å². The zero-order chi connectivity index (χ0) is 19.7. The lowest BCUT2D eigenvalue weighted by Gasteiger charge is -2.06. The van der Waals surface area contributed by atoms with Gasteiger partial charge in [0.2, 0.25) is 5.91 Å². The molecule has 0 fully saturated rings. The van der Waals surface area contributed by atoms with E-state index >= 15 is 0 Å². The topological polar surface area (TPSA) is 93.5 Å². The number of hydrogen-bond acceptors (Lipinski definition) is 2. The molecule has 4 aromatic rings. The molecule has 0 bridgehead atoms. The average molecular weight is 399 g/mol. The van der Waals surface area contributed by atoms with Crippen molar-refractivity contribution in [3.8, 4) is 11.3 Å². The van der Waals surface area contributed by atoms with Crippen molar-refractivity contribution in [3.63, 3.8) is 0 Å². The molecule has 2 aromatic carbocycles. The average Bonchev–Trinajstić information content (AvgIpc) is 3.25. The molecule has 8 heteroatoms. The van der Waals surface area contributed by atoms with Gasteiger partial charge in [0.15, 0.2) is 0 Å². The van der Waals surface area contributed by atoms with Gasteiger partial charge in [-0.3, -0.25) is 14.7 Å². The van der Waals surface area contributed by atoms with Crippen molar-refractivity contribution in [2.75, 3.05) is 5.32 Å². The van der Waals surface area contributed by atoms with Crippen molar-refractivity contribution in [1.82, 2.24) is 15.2 Å². The van der Waals surface area contributed by atoms with Crippen LogP contribution in [0.4, 0.5) is 10.1 Å². The van der Waals surface area contributed by atoms with Crippen molar-refractivity contribution < 1.29 is 9.18 Å². The predicted molar refractivity (Wildman–Crippen MR) is 107 cm³/mol. The first-order valence-electron chi connectivity index (χ1n) is 8.64. The molecule has 4 rings (SSSR count). The third-order valence-corrected chi connectivity index (χ3v) is 4.86. The van der Waals surface area contributed by atoms with Gasteiger partial charge in [-0.05, 0) is 47.9 Å². The summed E-state index contributed by atoms with van der Waals surface area (Å²) >= 11 is 6.32. The molecule has 0 atom stereocenters. The number of rotatable bonds is 5. The van der Waals surface area contributed by atoms with Gasteiger partial charge in [-0.2, -0.15) is 0 Å². The summed E-state index contributed by atoms with van der Waals surface area (Å²) in [5.74, 6) is -0.609. The van der Waals surface area contributed by atoms with Crippen molar-refractivity contribution in [1.29, 1.82) is 0 Å². The molecule has 6 nitrogen and oxygen atoms in total. The smallest absolute Gasteiger partial charge is 0.287 e. The minimum Gasteiger partial charge on any atom is -0.353 e. The van der Waals surface area contributed by atoms with Gasteiger partial charge in [0.25, 0.3) is 5.56 Å². The van der Waals surface area contributed by atoms with Crippen molar-refractivity contribution in [2.45, 2.75) is 12.8 Å². The number of H-pyrrole nitrogens is 3. The van der Waals surface area contributed by atoms with Gasteiger partial charge in [-0.15, -0.1) is 0 Å². The third-order valence-electron chi connectivity index (χ3n) is 4.55. The maximum absolute atomic E-state index is 13.3. The molecule has 0 aliphatic heterocycles. The number of halogens is 2. The summed E-state index contributed by atoms with van der Waals surface area (Å²) in [5, 5.41) is 8.95. The van der Waals surface area contributed by atoms with E-state index in [9.17, 15) is 14.0 Å². The number of para-hydroxylation sites is 1. The summed E-state index contributed by atoms with van der Waals surface area (Å²) < 4.78 is 13.3. The largest absolute Gasteiger partial charge is 0.353 e. The van der Waals surface area contributed by atoms with Crippen LogP contribution >= 0.6 is 11.6 Å². The second-order valence-electron chi connectivity index (χ2n) is 6.35. The fraction of sp³-hybridized carbons (Fsp3) is 0.100. The predicted octanol–water partition coefficient (Wildman–Crippen LogP) is 4.22. The number of carbonyl (C=O) groups is 1. The monoisotopic (exact) mass is 398 g/mol. The first-order valence-corrected chi connectivity index (χ1v) is 9.01. The van der Waals surface area contributed by atoms with Crippen LogP contribution in [0.15, 0.2) is 53.5 Å². The highest BCUT2D eigenvalue weighted by molar-refractivity contribution is 6.35. The van der Waals surface area contributed by atoms with Crippen molar-refractivity contribution in [3.05, 3.63) is 75.4 Å². The molecule has 28 heavy (non-hydrogen) atoms. The van der Waals surface area contributed by atoms with Gasteiger partial charge in [0.1, 0.15) is 11.5 Å². The Morgan fingerprint density at radius 1 is 1.14 bits per heavy atom. The van der Waals surface area contributed by atoms with E-state index in [0.717, 1.165) is 27.7 Å². The quantitative estimate of drug-likeness (QED) is 0.405. The minimum atomic E-state index is -0.390. The lowest BCUT2D eigenvalue weighted by Crippen LogP contribution is -2.17. The normalized spacial score (nSPS) is 11.1. The molecule has 2 heterocycles. The van der Waals surface area contributed by atoms with E-state index in [2.05, 4.69) is 20.5 Å². The number of aryl methyl sites for hydroxylation is 1. The van der Waals surface area contributed by atoms with Crippen molar-refractivity contribution in [2.24, 2.45) is 0 Å². The van der Waals surface area contributed by atoms with E-state index in [1.807, 2.05) is 12.1 Å². The van der Waals surface area contributed by atoms with E-state index in [1.165, 1.54) is 18.3 Å². The summed E-state index contributed by atoms with van der Waals surface area (Å²) in [7, 11) is 0. The van der Waals surface area contributed by atoms with Gasteiger partial charge in [-0.25, -0.2) is 4.39 Å². The number of nitrogens with one attached hydrogen (secondary N) is 4. The number of benzene rings is 2. The first-order chi connectivity index (χ1) is 13.5. The Labute approximate surface area is 163 Å². The molecule has 0 spiro atoms. The molecule has 2 aromatic heterocycles. The summed E-state index contributed by atoms with van der Waals surface area (Å²) in [6.07, 6.45) is 1.98. The molecule has 4 N–H and O–H groups in total. The fourth-order valence-corrected chi connectivity index (χ4v) is 3.43. The van der Waals surface area contributed by atoms with Crippen LogP contribution < -0.4 is 10.9 Å². The maximum Gasteiger partial charge on any atom is 0.287 e. The standard InChI is InChI=1S/C20H16ClFN4O2/c21-15-3-1-2-13-14(8-9-17(27)24-16-10-23-26-20(16)28)18(25-19(13)15)11-4-6-12(22)7-5-11/h1-7,10,25H,8-9H2,(H,24,27)(H2,23,26,28). The molecule has 142 valence electrons. The highest BCUT2D eigenvalue weighted by Crippen LogP contribution is 2.34. The van der Waals surface area contributed by atoms with E-state index in [4.69, 9.17) is 11.6 Å². The lowest BCUT2D eigenvalue weighted by atomic mass is 10.0. The summed E-state index contributed by atoms with van der Waals surface area (Å²) in [5.41, 5.74) is 3.04. The molecular formula is C20H16ClFN4O2. The Balaban J connectivity index is 1.66. The number of aromatic nitrogens is 3. The van der Waals surface area contributed by atoms with Crippen LogP contribution in [-0.4, -0.2) is 21.1 Å². The van der Waals surface area contributed by atoms with E-state index in [0.29, 0.717) is 11.4 Å². The molecule has 0 saturated heterocycles. The highest BCUT2D eigenvalue weighted by atomic mass is 35.5. The Hall–Kier alpha value is -3.32. The Morgan fingerprint density at radius 3 is 2.64 bits per heavy atom. The molecule has 0 saturated carbocycles. The van der Waals surface area contributed by atoms with Crippen LogP contribution in [-0.2, 0) is 11.2 Å². The molecule has 0 unspecified atom stereocenters. The first kappa shape index (κ1) is 18.1. The summed E-state index contributed by atoms with van der Waals surface area (Å²) in [6, 6.07) is 11.7. The van der Waals surface area contributed by atoms with Crippen LogP contribution in [0.1, 0.15) is 12.0 Å². The van der Waals surface area contributed by atoms with E-state index in [-0.39, 0.29) is 29.4 Å². The summed E-state index contributed by atoms with van der Waals surface area (Å²) in [6.45, 7) is 0. The number of hydrogen-bond donors (Lipinski definition) is 4. The zero-order valence-electron chi connectivity index (χ0n) is 14.6. The minimum absolute atomic E-state index is 0.165. The van der Waals surface area contributed by atoms with Gasteiger partial charge in [0, 0.05) is 23.7 Å². The van der Waals surface area contributed by atoms with Crippen LogP contribution in [0.5, 0.6) is 0 Å². The molecule has 0 aliphatic carbocycles. The van der Waals surface area contributed by atoms with E-state index < -0.39 is 0 Å². The van der Waals surface area contributed by atoms with Gasteiger partial charge in [0.05, 0.1) is 10.5 Å². The second-order valence-corrected chi connectivity index (χ2v) is 6.76. The second kappa shape index (κ2) is 7.36. The number of fused-ring (bicyclic) bond motifs is 1. The van der Waals surface area contributed by atoms with Crippen LogP contribution in [0, 0.1) is 5.82 Å². The van der Waals surface area contributed by atoms with Gasteiger partial charge < -0.3 is 15.4 Å². The zero-order valence-corrected chi connectivity index (χ0v) is 15.4. The summed E-state index contributed by atoms with van der Waals surface area (Å²) in [4.78, 5) is 27.1. The van der Waals surface area contributed by atoms with E-state index in [1.54, 1.807) is 18.2 Å². The SMILES string of the molecule is O=C(CCc1c(-c2ccc(F)cc2)[nH]c2c(Cl)cccc12)Nc1c[nH][nH]c1=O. The molecule has 1 amide bonds. The fourth-order valence-electron chi connectivity index (χ4n) is 3.21. The third kappa shape index (κ3) is 3.44. The number of amides is 1. The van der Waals surface area contributed by atoms with Crippen LogP contribution in [0.3, 0.4) is 0 Å². The Kier molecular flexibility index (Phi) is 4.75. The van der Waals surface area contributed by atoms with Crippen molar-refractivity contribution >= 4 is 34.1 Å². The van der Waals surface area contributed by atoms with Gasteiger partial charge in [-0.1, -0.05) is 23.7 Å². The molecule has 0 radical (unpaired) electrons. The lowest BCUT2D eigenvalue weighted by molar-refractivity contribution is -0.116. The molecule has 0 aliphatic rings. The maximum atomic E-state index is 13.3.